The van der Waals surface area contributed by atoms with E-state index < -0.39 is 5.82 Å². The Kier molecular flexibility index (Phi) is 5.52. The molecule has 0 aromatic heterocycles. The number of nitrogens with two attached hydrogens (primary N) is 1. The van der Waals surface area contributed by atoms with Crippen LogP contribution >= 0.6 is 0 Å². The highest BCUT2D eigenvalue weighted by atomic mass is 19.1. The Morgan fingerprint density at radius 1 is 1.48 bits per heavy atom. The van der Waals surface area contributed by atoms with Crippen LogP contribution in [0.1, 0.15) is 36.8 Å². The second kappa shape index (κ2) is 7.38. The van der Waals surface area contributed by atoms with Crippen LogP contribution in [0, 0.1) is 5.82 Å². The molecule has 6 heteroatoms. The Balaban J connectivity index is 2.15. The van der Waals surface area contributed by atoms with Crippen molar-refractivity contribution in [2.24, 2.45) is 10.9 Å². The van der Waals surface area contributed by atoms with Gasteiger partial charge in [-0.25, -0.2) is 4.39 Å². The zero-order valence-corrected chi connectivity index (χ0v) is 12.0. The van der Waals surface area contributed by atoms with E-state index in [1.165, 1.54) is 12.1 Å². The number of aliphatic hydroxyl groups excluding tert-OH is 1. The Hall–Kier alpha value is -1.66. The van der Waals surface area contributed by atoms with E-state index in [9.17, 15) is 4.39 Å². The SMILES string of the molecule is NC(=NO)c1cc(F)ccc1CN1CCCC1CCCO. The summed E-state index contributed by atoms with van der Waals surface area (Å²) < 4.78 is 13.4. The number of aliphatic hydroxyl groups is 1. The number of halogens is 1. The minimum absolute atomic E-state index is 0.0735. The number of hydrogen-bond donors (Lipinski definition) is 3. The van der Waals surface area contributed by atoms with E-state index in [0.29, 0.717) is 18.2 Å². The standard InChI is InChI=1S/C15H22FN3O2/c16-12-6-5-11(14(9-12)15(17)18-21)10-19-7-1-3-13(19)4-2-8-20/h5-6,9,13,20-21H,1-4,7-8,10H2,(H2,17,18). The van der Waals surface area contributed by atoms with Gasteiger partial charge in [0.15, 0.2) is 5.84 Å². The number of hydrogen-bond acceptors (Lipinski definition) is 4. The maximum atomic E-state index is 13.4. The molecule has 0 spiro atoms. The topological polar surface area (TPSA) is 82.1 Å². The molecule has 0 saturated carbocycles. The van der Waals surface area contributed by atoms with Crippen molar-refractivity contribution < 1.29 is 14.7 Å². The Labute approximate surface area is 123 Å². The zero-order chi connectivity index (χ0) is 15.2. The van der Waals surface area contributed by atoms with Crippen LogP contribution in [0.5, 0.6) is 0 Å². The van der Waals surface area contributed by atoms with Crippen LogP contribution < -0.4 is 5.73 Å². The molecule has 1 aliphatic heterocycles. The minimum Gasteiger partial charge on any atom is -0.409 e. The molecule has 21 heavy (non-hydrogen) atoms. The molecule has 1 aromatic carbocycles. The summed E-state index contributed by atoms with van der Waals surface area (Å²) in [6, 6.07) is 4.80. The van der Waals surface area contributed by atoms with Crippen molar-refractivity contribution in [2.75, 3.05) is 13.2 Å². The summed E-state index contributed by atoms with van der Waals surface area (Å²) in [5, 5.41) is 20.8. The van der Waals surface area contributed by atoms with Gasteiger partial charge < -0.3 is 16.0 Å². The van der Waals surface area contributed by atoms with E-state index in [1.54, 1.807) is 6.07 Å². The molecule has 1 aromatic rings. The first kappa shape index (κ1) is 15.7. The van der Waals surface area contributed by atoms with Crippen molar-refractivity contribution in [1.82, 2.24) is 4.90 Å². The van der Waals surface area contributed by atoms with Gasteiger partial charge in [0.25, 0.3) is 0 Å². The Bertz CT molecular complexity index is 508. The third-order valence-corrected chi connectivity index (χ3v) is 4.02. The highest BCUT2D eigenvalue weighted by Gasteiger charge is 2.25. The van der Waals surface area contributed by atoms with E-state index in [0.717, 1.165) is 37.8 Å². The second-order valence-corrected chi connectivity index (χ2v) is 5.42. The van der Waals surface area contributed by atoms with Crippen LogP contribution in [0.15, 0.2) is 23.4 Å². The second-order valence-electron chi connectivity index (χ2n) is 5.42. The summed E-state index contributed by atoms with van der Waals surface area (Å²) in [5.74, 6) is -0.478. The summed E-state index contributed by atoms with van der Waals surface area (Å²) in [4.78, 5) is 2.32. The number of rotatable bonds is 6. The molecular weight excluding hydrogens is 273 g/mol. The van der Waals surface area contributed by atoms with E-state index >= 15 is 0 Å². The van der Waals surface area contributed by atoms with E-state index in [4.69, 9.17) is 16.0 Å². The molecule has 0 radical (unpaired) electrons. The van der Waals surface area contributed by atoms with Crippen LogP contribution in [-0.2, 0) is 6.54 Å². The van der Waals surface area contributed by atoms with Gasteiger partial charge in [-0.05, 0) is 49.9 Å². The molecule has 1 aliphatic rings. The highest BCUT2D eigenvalue weighted by Crippen LogP contribution is 2.25. The summed E-state index contributed by atoms with van der Waals surface area (Å²) in [7, 11) is 0. The molecule has 2 rings (SSSR count). The lowest BCUT2D eigenvalue weighted by molar-refractivity contribution is 0.210. The lowest BCUT2D eigenvalue weighted by Crippen LogP contribution is -2.30. The largest absolute Gasteiger partial charge is 0.409 e. The van der Waals surface area contributed by atoms with E-state index in [-0.39, 0.29) is 12.4 Å². The first-order valence-electron chi connectivity index (χ1n) is 7.27. The average Bonchev–Trinajstić information content (AvgIpc) is 2.93. The van der Waals surface area contributed by atoms with Gasteiger partial charge in [-0.1, -0.05) is 11.2 Å². The number of amidine groups is 1. The molecule has 0 amide bonds. The van der Waals surface area contributed by atoms with Gasteiger partial charge in [0, 0.05) is 24.8 Å². The van der Waals surface area contributed by atoms with Gasteiger partial charge in [0.05, 0.1) is 0 Å². The molecule has 4 N–H and O–H groups in total. The molecule has 1 saturated heterocycles. The third-order valence-electron chi connectivity index (χ3n) is 4.02. The zero-order valence-electron chi connectivity index (χ0n) is 12.0. The van der Waals surface area contributed by atoms with Crippen molar-refractivity contribution in [2.45, 2.75) is 38.3 Å². The fraction of sp³-hybridized carbons (Fsp3) is 0.533. The minimum atomic E-state index is -0.404. The van der Waals surface area contributed by atoms with Gasteiger partial charge >= 0.3 is 0 Å². The fourth-order valence-corrected chi connectivity index (χ4v) is 2.95. The fourth-order valence-electron chi connectivity index (χ4n) is 2.95. The maximum Gasteiger partial charge on any atom is 0.170 e. The Morgan fingerprint density at radius 3 is 3.00 bits per heavy atom. The Morgan fingerprint density at radius 2 is 2.29 bits per heavy atom. The number of benzene rings is 1. The molecule has 1 fully saturated rings. The van der Waals surface area contributed by atoms with Crippen LogP contribution in [0.3, 0.4) is 0 Å². The summed E-state index contributed by atoms with van der Waals surface area (Å²) in [6.45, 7) is 1.82. The first-order chi connectivity index (χ1) is 10.2. The predicted molar refractivity (Wildman–Crippen MR) is 78.7 cm³/mol. The molecule has 0 bridgehead atoms. The molecule has 116 valence electrons. The van der Waals surface area contributed by atoms with Crippen molar-refractivity contribution in [3.8, 4) is 0 Å². The van der Waals surface area contributed by atoms with Crippen molar-refractivity contribution >= 4 is 5.84 Å². The number of nitrogens with zero attached hydrogens (tertiary/aromatic N) is 2. The van der Waals surface area contributed by atoms with Gasteiger partial charge in [0.2, 0.25) is 0 Å². The predicted octanol–water partition coefficient (Wildman–Crippen LogP) is 1.66. The summed E-state index contributed by atoms with van der Waals surface area (Å²) >= 11 is 0. The smallest absolute Gasteiger partial charge is 0.170 e. The van der Waals surface area contributed by atoms with Crippen LogP contribution in [0.2, 0.25) is 0 Å². The molecular formula is C15H22FN3O2. The van der Waals surface area contributed by atoms with Crippen LogP contribution in [0.4, 0.5) is 4.39 Å². The quantitative estimate of drug-likeness (QED) is 0.323. The molecule has 0 aliphatic carbocycles. The average molecular weight is 295 g/mol. The molecule has 1 unspecified atom stereocenters. The van der Waals surface area contributed by atoms with Gasteiger partial charge in [-0.2, -0.15) is 0 Å². The summed E-state index contributed by atoms with van der Waals surface area (Å²) in [5.41, 5.74) is 6.92. The first-order valence-corrected chi connectivity index (χ1v) is 7.27. The normalized spacial score (nSPS) is 20.1. The van der Waals surface area contributed by atoms with Gasteiger partial charge in [-0.3, -0.25) is 4.90 Å². The molecule has 5 nitrogen and oxygen atoms in total. The van der Waals surface area contributed by atoms with Crippen molar-refractivity contribution in [3.63, 3.8) is 0 Å². The monoisotopic (exact) mass is 295 g/mol. The van der Waals surface area contributed by atoms with E-state index in [2.05, 4.69) is 10.1 Å². The van der Waals surface area contributed by atoms with Crippen LogP contribution in [0.25, 0.3) is 0 Å². The van der Waals surface area contributed by atoms with Crippen molar-refractivity contribution in [1.29, 1.82) is 0 Å². The van der Waals surface area contributed by atoms with Crippen LogP contribution in [-0.4, -0.2) is 40.2 Å². The van der Waals surface area contributed by atoms with E-state index in [1.807, 2.05) is 0 Å². The number of likely N-dealkylation sites (tertiary alicyclic amines) is 1. The molecule has 1 heterocycles. The summed E-state index contributed by atoms with van der Waals surface area (Å²) in [6.07, 6.45) is 3.98. The number of oxime groups is 1. The maximum absolute atomic E-state index is 13.4. The van der Waals surface area contributed by atoms with Gasteiger partial charge in [0.1, 0.15) is 5.82 Å². The lowest BCUT2D eigenvalue weighted by Gasteiger charge is -2.25. The third kappa shape index (κ3) is 3.92. The van der Waals surface area contributed by atoms with Gasteiger partial charge in [-0.15, -0.1) is 0 Å². The lowest BCUT2D eigenvalue weighted by atomic mass is 10.0. The highest BCUT2D eigenvalue weighted by molar-refractivity contribution is 5.98. The van der Waals surface area contributed by atoms with Crippen molar-refractivity contribution in [3.05, 3.63) is 35.1 Å². The molecule has 1 atom stereocenters.